The molecule has 2 aliphatic rings. The molecule has 1 aliphatic carbocycles. The van der Waals surface area contributed by atoms with E-state index in [4.69, 9.17) is 16.3 Å². The van der Waals surface area contributed by atoms with Crippen LogP contribution in [-0.2, 0) is 9.53 Å². The number of allylic oxidation sites excluding steroid dienone is 2. The molecule has 98 valence electrons. The molecule has 0 unspecified atom stereocenters. The predicted octanol–water partition coefficient (Wildman–Crippen LogP) is 2.33. The Bertz CT molecular complexity index is 408. The molecule has 0 aromatic rings. The molecular formula is C14H18ClNO2. The summed E-state index contributed by atoms with van der Waals surface area (Å²) in [4.78, 5) is 11.9. The fourth-order valence-electron chi connectivity index (χ4n) is 2.20. The van der Waals surface area contributed by atoms with Crippen LogP contribution in [0.2, 0.25) is 0 Å². The van der Waals surface area contributed by atoms with Crippen LogP contribution in [0, 0.1) is 0 Å². The lowest BCUT2D eigenvalue weighted by atomic mass is 10.0. The second-order valence-corrected chi connectivity index (χ2v) is 4.97. The zero-order valence-corrected chi connectivity index (χ0v) is 11.1. The van der Waals surface area contributed by atoms with Crippen LogP contribution in [0.1, 0.15) is 19.3 Å². The Labute approximate surface area is 113 Å². The van der Waals surface area contributed by atoms with E-state index in [9.17, 15) is 4.79 Å². The van der Waals surface area contributed by atoms with E-state index in [-0.39, 0.29) is 11.4 Å². The van der Waals surface area contributed by atoms with Gasteiger partial charge in [-0.05, 0) is 30.9 Å². The van der Waals surface area contributed by atoms with Gasteiger partial charge in [0.1, 0.15) is 0 Å². The van der Waals surface area contributed by atoms with Gasteiger partial charge in [0.05, 0.1) is 12.1 Å². The summed E-state index contributed by atoms with van der Waals surface area (Å²) in [6, 6.07) is 0. The zero-order chi connectivity index (χ0) is 13.0. The van der Waals surface area contributed by atoms with Crippen molar-refractivity contribution in [3.8, 4) is 0 Å². The quantitative estimate of drug-likeness (QED) is 0.456. The normalized spacial score (nSPS) is 24.8. The van der Waals surface area contributed by atoms with E-state index in [0.29, 0.717) is 19.1 Å². The van der Waals surface area contributed by atoms with Gasteiger partial charge in [-0.1, -0.05) is 18.7 Å². The number of halogens is 1. The summed E-state index contributed by atoms with van der Waals surface area (Å²) in [5.74, 6) is 0.600. The number of carbonyl (C=O) groups is 1. The van der Waals surface area contributed by atoms with E-state index in [1.165, 1.54) is 0 Å². The van der Waals surface area contributed by atoms with Gasteiger partial charge in [0, 0.05) is 18.1 Å². The number of carbonyl (C=O) groups excluding carboxylic acids is 1. The summed E-state index contributed by atoms with van der Waals surface area (Å²) in [7, 11) is 0. The zero-order valence-electron chi connectivity index (χ0n) is 10.4. The molecule has 1 amide bonds. The minimum Gasteiger partial charge on any atom is -0.377 e. The fourth-order valence-corrected chi connectivity index (χ4v) is 2.31. The van der Waals surface area contributed by atoms with E-state index in [0.717, 1.165) is 30.4 Å². The molecule has 1 heterocycles. The van der Waals surface area contributed by atoms with Gasteiger partial charge in [0.2, 0.25) is 0 Å². The molecule has 0 aromatic carbocycles. The molecular weight excluding hydrogens is 250 g/mol. The van der Waals surface area contributed by atoms with Crippen molar-refractivity contribution < 1.29 is 9.53 Å². The highest BCUT2D eigenvalue weighted by Crippen LogP contribution is 2.49. The van der Waals surface area contributed by atoms with Crippen LogP contribution >= 0.6 is 11.6 Å². The number of alkyl halides is 1. The van der Waals surface area contributed by atoms with Crippen LogP contribution in [0.4, 0.5) is 0 Å². The number of amides is 1. The molecule has 1 N–H and O–H groups in total. The average molecular weight is 268 g/mol. The van der Waals surface area contributed by atoms with Gasteiger partial charge in [0.15, 0.2) is 0 Å². The van der Waals surface area contributed by atoms with Crippen LogP contribution in [0.3, 0.4) is 0 Å². The van der Waals surface area contributed by atoms with Gasteiger partial charge in [-0.2, -0.15) is 0 Å². The van der Waals surface area contributed by atoms with Gasteiger partial charge in [-0.15, -0.1) is 11.6 Å². The van der Waals surface area contributed by atoms with E-state index in [1.54, 1.807) is 6.08 Å². The van der Waals surface area contributed by atoms with Crippen molar-refractivity contribution >= 4 is 17.5 Å². The third-order valence-electron chi connectivity index (χ3n) is 3.27. The minimum atomic E-state index is -0.104. The second-order valence-electron chi connectivity index (χ2n) is 4.59. The first kappa shape index (κ1) is 13.4. The maximum absolute atomic E-state index is 11.9. The van der Waals surface area contributed by atoms with Crippen molar-refractivity contribution in [2.45, 2.75) is 24.8 Å². The second kappa shape index (κ2) is 5.72. The third-order valence-corrected chi connectivity index (χ3v) is 3.53. The van der Waals surface area contributed by atoms with E-state index >= 15 is 0 Å². The summed E-state index contributed by atoms with van der Waals surface area (Å²) in [5, 5.41) is 3.04. The number of rotatable bonds is 6. The monoisotopic (exact) mass is 267 g/mol. The van der Waals surface area contributed by atoms with Crippen LogP contribution in [0.25, 0.3) is 0 Å². The van der Waals surface area contributed by atoms with Crippen molar-refractivity contribution in [3.05, 3.63) is 36.0 Å². The number of hydrogen-bond acceptors (Lipinski definition) is 2. The van der Waals surface area contributed by atoms with Crippen LogP contribution in [0.5, 0.6) is 0 Å². The minimum absolute atomic E-state index is 0.00143. The topological polar surface area (TPSA) is 38.3 Å². The predicted molar refractivity (Wildman–Crippen MR) is 72.6 cm³/mol. The van der Waals surface area contributed by atoms with E-state index in [2.05, 4.69) is 11.9 Å². The third kappa shape index (κ3) is 2.68. The number of nitrogens with one attached hydrogen (secondary N) is 1. The van der Waals surface area contributed by atoms with Gasteiger partial charge in [-0.3, -0.25) is 4.79 Å². The molecule has 2 fully saturated rings. The van der Waals surface area contributed by atoms with E-state index in [1.807, 2.05) is 12.2 Å². The molecule has 1 spiro atoms. The molecule has 4 heteroatoms. The SMILES string of the molecule is C=C/C=C1\C(=C/COCCCCl)C(=O)NC12CC2. The Kier molecular flexibility index (Phi) is 4.25. The highest BCUT2D eigenvalue weighted by molar-refractivity contribution is 6.17. The fraction of sp³-hybridized carbons (Fsp3) is 0.500. The Balaban J connectivity index is 2.01. The van der Waals surface area contributed by atoms with Gasteiger partial charge >= 0.3 is 0 Å². The lowest BCUT2D eigenvalue weighted by molar-refractivity contribution is -0.116. The Morgan fingerprint density at radius 1 is 1.50 bits per heavy atom. The molecule has 1 aliphatic heterocycles. The molecule has 0 bridgehead atoms. The van der Waals surface area contributed by atoms with Crippen molar-refractivity contribution in [1.82, 2.24) is 5.32 Å². The Hall–Kier alpha value is -1.06. The first-order chi connectivity index (χ1) is 8.73. The maximum Gasteiger partial charge on any atom is 0.252 e. The van der Waals surface area contributed by atoms with Crippen molar-refractivity contribution in [1.29, 1.82) is 0 Å². The first-order valence-corrected chi connectivity index (χ1v) is 6.77. The smallest absolute Gasteiger partial charge is 0.252 e. The van der Waals surface area contributed by atoms with Gasteiger partial charge < -0.3 is 10.1 Å². The lowest BCUT2D eigenvalue weighted by Crippen LogP contribution is -2.27. The van der Waals surface area contributed by atoms with Gasteiger partial charge in [0.25, 0.3) is 5.91 Å². The molecule has 1 saturated heterocycles. The maximum atomic E-state index is 11.9. The molecule has 0 atom stereocenters. The van der Waals surface area contributed by atoms with Crippen LogP contribution in [0.15, 0.2) is 36.0 Å². The Morgan fingerprint density at radius 3 is 2.89 bits per heavy atom. The van der Waals surface area contributed by atoms with Crippen molar-refractivity contribution in [3.63, 3.8) is 0 Å². The standard InChI is InChI=1S/C14H18ClNO2/c1-2-4-12-11(5-10-18-9-3-8-15)13(17)16-14(12)6-7-14/h2,4-5H,1,3,6-10H2,(H,16,17)/b11-5+,12-4+. The highest BCUT2D eigenvalue weighted by Gasteiger charge is 2.53. The summed E-state index contributed by atoms with van der Waals surface area (Å²) in [5.41, 5.74) is 1.69. The van der Waals surface area contributed by atoms with Crippen molar-refractivity contribution in [2.75, 3.05) is 19.1 Å². The van der Waals surface area contributed by atoms with E-state index < -0.39 is 0 Å². The highest BCUT2D eigenvalue weighted by atomic mass is 35.5. The number of ether oxygens (including phenoxy) is 1. The molecule has 3 nitrogen and oxygen atoms in total. The largest absolute Gasteiger partial charge is 0.377 e. The number of hydrogen-bond donors (Lipinski definition) is 1. The van der Waals surface area contributed by atoms with Crippen LogP contribution < -0.4 is 5.32 Å². The summed E-state index contributed by atoms with van der Waals surface area (Å²) >= 11 is 5.56. The molecule has 2 rings (SSSR count). The average Bonchev–Trinajstić information content (AvgIpc) is 3.07. The summed E-state index contributed by atoms with van der Waals surface area (Å²) in [6.45, 7) is 4.78. The Morgan fingerprint density at radius 2 is 2.28 bits per heavy atom. The summed E-state index contributed by atoms with van der Waals surface area (Å²) < 4.78 is 5.41. The molecule has 18 heavy (non-hydrogen) atoms. The summed E-state index contributed by atoms with van der Waals surface area (Å²) in [6.07, 6.45) is 8.38. The van der Waals surface area contributed by atoms with Crippen LogP contribution in [-0.4, -0.2) is 30.5 Å². The van der Waals surface area contributed by atoms with Gasteiger partial charge in [-0.25, -0.2) is 0 Å². The first-order valence-electron chi connectivity index (χ1n) is 6.23. The van der Waals surface area contributed by atoms with Crippen molar-refractivity contribution in [2.24, 2.45) is 0 Å². The molecule has 1 saturated carbocycles. The molecule has 0 radical (unpaired) electrons. The molecule has 0 aromatic heterocycles. The lowest BCUT2D eigenvalue weighted by Gasteiger charge is -2.07.